The molecule has 2 aliphatic heterocycles. The molecule has 284 valence electrons. The highest BCUT2D eigenvalue weighted by atomic mass is 16.7. The zero-order valence-corrected chi connectivity index (χ0v) is 28.5. The van der Waals surface area contributed by atoms with Gasteiger partial charge < -0.3 is 78.3 Å². The van der Waals surface area contributed by atoms with E-state index in [9.17, 15) is 30.3 Å². The highest BCUT2D eigenvalue weighted by Crippen LogP contribution is 2.30. The molecule has 16 nitrogen and oxygen atoms in total. The van der Waals surface area contributed by atoms with Gasteiger partial charge in [-0.15, -0.1) is 0 Å². The van der Waals surface area contributed by atoms with E-state index in [1.54, 1.807) is 0 Å². The van der Waals surface area contributed by atoms with Crippen molar-refractivity contribution >= 4 is 5.97 Å². The number of carboxylic acid groups (broad SMARTS) is 1. The van der Waals surface area contributed by atoms with E-state index in [1.165, 1.54) is 57.8 Å². The number of unbranched alkanes of at least 4 members (excludes halogenated alkanes) is 10. The first-order chi connectivity index (χ1) is 22.9. The summed E-state index contributed by atoms with van der Waals surface area (Å²) >= 11 is 0. The smallest absolute Gasteiger partial charge is 0.303 e. The summed E-state index contributed by atoms with van der Waals surface area (Å²) in [7, 11) is 0. The van der Waals surface area contributed by atoms with Crippen LogP contribution in [0.1, 0.15) is 96.8 Å². The summed E-state index contributed by atoms with van der Waals surface area (Å²) in [5, 5.41) is 59.2. The summed E-state index contributed by atoms with van der Waals surface area (Å²) in [5.41, 5.74) is 29.8. The maximum atomic E-state index is 11.0. The minimum Gasteiger partial charge on any atom is -0.481 e. The van der Waals surface area contributed by atoms with Crippen LogP contribution in [0.2, 0.25) is 0 Å². The first kappa shape index (κ1) is 43.1. The van der Waals surface area contributed by atoms with Crippen molar-refractivity contribution < 1.29 is 54.4 Å². The molecule has 2 saturated heterocycles. The van der Waals surface area contributed by atoms with Crippen LogP contribution in [-0.4, -0.2) is 135 Å². The molecule has 0 aromatic heterocycles. The predicted octanol–water partition coefficient (Wildman–Crippen LogP) is -1.52. The van der Waals surface area contributed by atoms with Crippen molar-refractivity contribution in [1.82, 2.24) is 0 Å². The molecule has 2 heterocycles. The van der Waals surface area contributed by atoms with E-state index in [-0.39, 0.29) is 19.4 Å². The highest BCUT2D eigenvalue weighted by molar-refractivity contribution is 5.66. The van der Waals surface area contributed by atoms with Gasteiger partial charge in [-0.25, -0.2) is 0 Å². The molecule has 1 saturated carbocycles. The van der Waals surface area contributed by atoms with Crippen molar-refractivity contribution in [2.45, 2.75) is 182 Å². The third-order valence-corrected chi connectivity index (χ3v) is 9.41. The van der Waals surface area contributed by atoms with Crippen LogP contribution >= 0.6 is 0 Å². The van der Waals surface area contributed by atoms with Gasteiger partial charge in [-0.1, -0.05) is 71.1 Å². The van der Waals surface area contributed by atoms with Gasteiger partial charge in [0.25, 0.3) is 0 Å². The Labute approximate surface area is 284 Å². The average molecular weight is 696 g/mol. The van der Waals surface area contributed by atoms with E-state index in [2.05, 4.69) is 6.92 Å². The van der Waals surface area contributed by atoms with Crippen LogP contribution in [0.5, 0.6) is 0 Å². The molecule has 0 spiro atoms. The molecular formula is C32H65N5O11. The highest BCUT2D eigenvalue weighted by Gasteiger charge is 2.50. The van der Waals surface area contributed by atoms with E-state index < -0.39 is 98.2 Å². The van der Waals surface area contributed by atoms with Crippen LogP contribution < -0.4 is 28.7 Å². The number of aliphatic hydroxyl groups excluding tert-OH is 5. The Morgan fingerprint density at radius 3 is 1.69 bits per heavy atom. The normalized spacial score (nSPS) is 38.6. The van der Waals surface area contributed by atoms with Crippen molar-refractivity contribution in [3.63, 3.8) is 0 Å². The van der Waals surface area contributed by atoms with Crippen molar-refractivity contribution in [1.29, 1.82) is 0 Å². The summed E-state index contributed by atoms with van der Waals surface area (Å²) in [6, 6.07) is -3.27. The standard InChI is InChI=1S/C18H37N5O9.C14H28O2/c19-3-9-8(25)2-7(22)17(29-9)31-15-5(20)1-6(21)16(14(15)28)32-18-13(27)11(23)12(26)10(4-24)30-18;1-2-3-4-5-6-7-8-9-10-11-12-13-14(15)16/h5-18,24-28H,1-4,19-23H2;2-13H2,1H3,(H,15,16)/t5-,6+,7+,8-,9+,10+,11-,12+,13+,14-,15+,16-,17+,18+;/m0./s1. The van der Waals surface area contributed by atoms with Gasteiger partial charge in [0.1, 0.15) is 36.6 Å². The monoisotopic (exact) mass is 695 g/mol. The van der Waals surface area contributed by atoms with Crippen molar-refractivity contribution in [3.8, 4) is 0 Å². The second kappa shape index (κ2) is 22.7. The number of aliphatic carboxylic acids is 1. The first-order valence-corrected chi connectivity index (χ1v) is 17.7. The van der Waals surface area contributed by atoms with Crippen LogP contribution in [0.3, 0.4) is 0 Å². The Balaban J connectivity index is 0.000000424. The number of rotatable bonds is 18. The van der Waals surface area contributed by atoms with Gasteiger partial charge in [0.15, 0.2) is 12.6 Å². The number of aliphatic hydroxyl groups is 5. The fourth-order valence-electron chi connectivity index (χ4n) is 6.37. The molecule has 0 aromatic rings. The van der Waals surface area contributed by atoms with Gasteiger partial charge in [0.05, 0.1) is 30.9 Å². The number of carboxylic acids is 1. The zero-order chi connectivity index (χ0) is 35.8. The lowest BCUT2D eigenvalue weighted by Gasteiger charge is -2.47. The lowest BCUT2D eigenvalue weighted by atomic mass is 9.84. The Morgan fingerprint density at radius 2 is 1.19 bits per heavy atom. The topological polar surface area (TPSA) is 305 Å². The molecule has 1 aliphatic carbocycles. The fraction of sp³-hybridized carbons (Fsp3) is 0.969. The number of hydrogen-bond donors (Lipinski definition) is 11. The molecule has 0 bridgehead atoms. The molecule has 16 heteroatoms. The first-order valence-electron chi connectivity index (χ1n) is 17.7. The SMILES string of the molecule is CCCCCCCCCCCCCC(=O)O.NC[C@H]1O[C@H](O[C@H]2[C@H](O)[C@@H](O[C@H]3O[C@H](CO)[C@@H](O)[C@H](N)[C@H]3O)[C@H](N)C[C@@H]2N)[C@H](N)C[C@@H]1O. The summed E-state index contributed by atoms with van der Waals surface area (Å²) in [6.07, 6.45) is 3.60. The van der Waals surface area contributed by atoms with Crippen LogP contribution in [0.4, 0.5) is 0 Å². The van der Waals surface area contributed by atoms with Gasteiger partial charge in [0.2, 0.25) is 0 Å². The minimum absolute atomic E-state index is 0.0542. The summed E-state index contributed by atoms with van der Waals surface area (Å²) in [6.45, 7) is 1.75. The van der Waals surface area contributed by atoms with Gasteiger partial charge in [-0.2, -0.15) is 0 Å². The number of nitrogens with two attached hydrogens (primary N) is 5. The molecule has 3 aliphatic rings. The molecular weight excluding hydrogens is 630 g/mol. The van der Waals surface area contributed by atoms with Gasteiger partial charge in [-0.3, -0.25) is 4.79 Å². The lowest BCUT2D eigenvalue weighted by molar-refractivity contribution is -0.314. The molecule has 3 rings (SSSR count). The van der Waals surface area contributed by atoms with Crippen molar-refractivity contribution in [3.05, 3.63) is 0 Å². The Bertz CT molecular complexity index is 880. The maximum Gasteiger partial charge on any atom is 0.303 e. The van der Waals surface area contributed by atoms with Crippen LogP contribution in [0, 0.1) is 0 Å². The number of carbonyl (C=O) groups is 1. The maximum absolute atomic E-state index is 11.0. The van der Waals surface area contributed by atoms with E-state index in [0.717, 1.165) is 12.8 Å². The number of ether oxygens (including phenoxy) is 4. The van der Waals surface area contributed by atoms with Crippen molar-refractivity contribution in [2.24, 2.45) is 28.7 Å². The molecule has 48 heavy (non-hydrogen) atoms. The van der Waals surface area contributed by atoms with E-state index in [4.69, 9.17) is 52.7 Å². The third kappa shape index (κ3) is 13.6. The molecule has 0 aromatic carbocycles. The lowest BCUT2D eigenvalue weighted by Crippen LogP contribution is -2.68. The van der Waals surface area contributed by atoms with Gasteiger partial charge >= 0.3 is 5.97 Å². The van der Waals surface area contributed by atoms with E-state index in [1.807, 2.05) is 0 Å². The fourth-order valence-corrected chi connectivity index (χ4v) is 6.37. The molecule has 0 radical (unpaired) electrons. The molecule has 0 unspecified atom stereocenters. The Morgan fingerprint density at radius 1 is 0.688 bits per heavy atom. The largest absolute Gasteiger partial charge is 0.481 e. The van der Waals surface area contributed by atoms with Gasteiger partial charge in [-0.05, 0) is 19.3 Å². The summed E-state index contributed by atoms with van der Waals surface area (Å²) < 4.78 is 22.7. The third-order valence-electron chi connectivity index (χ3n) is 9.41. The zero-order valence-electron chi connectivity index (χ0n) is 28.5. The second-order valence-electron chi connectivity index (χ2n) is 13.5. The minimum atomic E-state index is -1.44. The quantitative estimate of drug-likeness (QED) is 0.0725. The Kier molecular flexibility index (Phi) is 20.3. The van der Waals surface area contributed by atoms with Gasteiger partial charge in [0, 0.05) is 25.0 Å². The Hall–Kier alpha value is -1.09. The predicted molar refractivity (Wildman–Crippen MR) is 177 cm³/mol. The molecule has 14 atom stereocenters. The van der Waals surface area contributed by atoms with Crippen LogP contribution in [0.25, 0.3) is 0 Å². The molecule has 0 amide bonds. The number of hydrogen-bond acceptors (Lipinski definition) is 15. The van der Waals surface area contributed by atoms with E-state index >= 15 is 0 Å². The van der Waals surface area contributed by atoms with Crippen LogP contribution in [0.15, 0.2) is 0 Å². The van der Waals surface area contributed by atoms with E-state index in [0.29, 0.717) is 6.42 Å². The summed E-state index contributed by atoms with van der Waals surface area (Å²) in [4.78, 5) is 10.3. The van der Waals surface area contributed by atoms with Crippen molar-refractivity contribution in [2.75, 3.05) is 13.2 Å². The molecule has 3 fully saturated rings. The van der Waals surface area contributed by atoms with Crippen LogP contribution in [-0.2, 0) is 23.7 Å². The second-order valence-corrected chi connectivity index (χ2v) is 13.5. The molecule has 16 N–H and O–H groups in total. The average Bonchev–Trinajstić information content (AvgIpc) is 3.04. The summed E-state index contributed by atoms with van der Waals surface area (Å²) in [5.74, 6) is -0.657.